The number of aromatic nitrogens is 4. The van der Waals surface area contributed by atoms with E-state index >= 15 is 0 Å². The maximum Gasteiger partial charge on any atom is 0.327 e. The molecule has 0 aromatic carbocycles. The van der Waals surface area contributed by atoms with Gasteiger partial charge in [-0.2, -0.15) is 0 Å². The summed E-state index contributed by atoms with van der Waals surface area (Å²) in [6.45, 7) is 0. The summed E-state index contributed by atoms with van der Waals surface area (Å²) in [6, 6.07) is 0. The van der Waals surface area contributed by atoms with E-state index < -0.39 is 0 Å². The van der Waals surface area contributed by atoms with Crippen LogP contribution in [0.1, 0.15) is 0 Å². The fraction of sp³-hybridized carbons (Fsp3) is 0.167. The number of hydrogen-bond donors (Lipinski definition) is 2. The molecule has 62 valence electrons. The standard InChI is InChI=1S/C6H6N4O2/c1-10-4-3(9-6(10)12)5(11)8-2-7-4/h2H,1H3,(H,9,12)(H,7,8,11). The van der Waals surface area contributed by atoms with Gasteiger partial charge >= 0.3 is 5.69 Å². The van der Waals surface area contributed by atoms with Crippen molar-refractivity contribution < 1.29 is 0 Å². The Balaban J connectivity index is 3.16. The highest BCUT2D eigenvalue weighted by molar-refractivity contribution is 5.68. The van der Waals surface area contributed by atoms with Crippen molar-refractivity contribution in [3.8, 4) is 0 Å². The van der Waals surface area contributed by atoms with Crippen LogP contribution in [-0.4, -0.2) is 19.5 Å². The van der Waals surface area contributed by atoms with Crippen LogP contribution in [0.5, 0.6) is 0 Å². The third-order valence-electron chi connectivity index (χ3n) is 1.69. The number of H-pyrrole nitrogens is 2. The molecule has 0 aliphatic carbocycles. The second kappa shape index (κ2) is 2.07. The molecule has 2 aromatic rings. The van der Waals surface area contributed by atoms with Gasteiger partial charge in [-0.15, -0.1) is 0 Å². The number of rotatable bonds is 0. The number of aromatic amines is 2. The summed E-state index contributed by atoms with van der Waals surface area (Å²) in [5.74, 6) is 0. The molecule has 2 rings (SSSR count). The molecule has 0 aliphatic heterocycles. The van der Waals surface area contributed by atoms with E-state index in [1.54, 1.807) is 7.05 Å². The molecule has 0 atom stereocenters. The van der Waals surface area contributed by atoms with Gasteiger partial charge in [-0.05, 0) is 0 Å². The molecule has 12 heavy (non-hydrogen) atoms. The zero-order valence-corrected chi connectivity index (χ0v) is 6.29. The summed E-state index contributed by atoms with van der Waals surface area (Å²) in [4.78, 5) is 30.7. The third kappa shape index (κ3) is 0.714. The molecular weight excluding hydrogens is 160 g/mol. The van der Waals surface area contributed by atoms with Gasteiger partial charge in [0.25, 0.3) is 5.56 Å². The van der Waals surface area contributed by atoms with Crippen LogP contribution < -0.4 is 11.2 Å². The number of hydrogen-bond acceptors (Lipinski definition) is 3. The molecule has 0 unspecified atom stereocenters. The van der Waals surface area contributed by atoms with Crippen LogP contribution >= 0.6 is 0 Å². The molecule has 2 aromatic heterocycles. The molecule has 2 N–H and O–H groups in total. The molecule has 2 heterocycles. The number of fused-ring (bicyclic) bond motifs is 1. The Bertz CT molecular complexity index is 532. The maximum absolute atomic E-state index is 11.1. The lowest BCUT2D eigenvalue weighted by atomic mass is 10.5. The predicted octanol–water partition coefficient (Wildman–Crippen LogP) is -1.05. The molecule has 0 amide bonds. The molecule has 6 nitrogen and oxygen atoms in total. The van der Waals surface area contributed by atoms with Crippen molar-refractivity contribution in [2.24, 2.45) is 7.05 Å². The fourth-order valence-electron chi connectivity index (χ4n) is 1.04. The highest BCUT2D eigenvalue weighted by Gasteiger charge is 2.05. The first kappa shape index (κ1) is 6.84. The average Bonchev–Trinajstić information content (AvgIpc) is 2.32. The van der Waals surface area contributed by atoms with E-state index in [2.05, 4.69) is 15.0 Å². The van der Waals surface area contributed by atoms with E-state index in [4.69, 9.17) is 0 Å². The second-order valence-electron chi connectivity index (χ2n) is 2.42. The van der Waals surface area contributed by atoms with Crippen molar-refractivity contribution in [1.29, 1.82) is 0 Å². The van der Waals surface area contributed by atoms with E-state index in [1.165, 1.54) is 10.9 Å². The topological polar surface area (TPSA) is 83.5 Å². The number of nitrogens with one attached hydrogen (secondary N) is 2. The smallest absolute Gasteiger partial charge is 0.311 e. The predicted molar refractivity (Wildman–Crippen MR) is 42.0 cm³/mol. The van der Waals surface area contributed by atoms with Crippen molar-refractivity contribution in [3.63, 3.8) is 0 Å². The molecule has 0 spiro atoms. The van der Waals surface area contributed by atoms with Crippen LogP contribution in [0.25, 0.3) is 11.2 Å². The molecular formula is C6H6N4O2. The summed E-state index contributed by atoms with van der Waals surface area (Å²) in [5, 5.41) is 0. The lowest BCUT2D eigenvalue weighted by Gasteiger charge is -1.88. The average molecular weight is 166 g/mol. The van der Waals surface area contributed by atoms with Crippen LogP contribution in [0.2, 0.25) is 0 Å². The van der Waals surface area contributed by atoms with Crippen LogP contribution in [0.15, 0.2) is 15.9 Å². The normalized spacial score (nSPS) is 10.8. The molecule has 0 aliphatic rings. The van der Waals surface area contributed by atoms with Gasteiger partial charge in [-0.25, -0.2) is 9.78 Å². The number of imidazole rings is 1. The van der Waals surface area contributed by atoms with Gasteiger partial charge < -0.3 is 4.98 Å². The largest absolute Gasteiger partial charge is 0.327 e. The molecule has 6 heteroatoms. The van der Waals surface area contributed by atoms with Gasteiger partial charge in [0.1, 0.15) is 0 Å². The van der Waals surface area contributed by atoms with Gasteiger partial charge in [-0.1, -0.05) is 0 Å². The van der Waals surface area contributed by atoms with Gasteiger partial charge in [0, 0.05) is 7.05 Å². The van der Waals surface area contributed by atoms with E-state index in [9.17, 15) is 9.59 Å². The van der Waals surface area contributed by atoms with E-state index in [0.29, 0.717) is 5.65 Å². The molecule has 0 radical (unpaired) electrons. The minimum atomic E-state index is -0.339. The fourth-order valence-corrected chi connectivity index (χ4v) is 1.04. The Morgan fingerprint density at radius 3 is 2.92 bits per heavy atom. The summed E-state index contributed by atoms with van der Waals surface area (Å²) < 4.78 is 1.28. The Morgan fingerprint density at radius 2 is 2.25 bits per heavy atom. The van der Waals surface area contributed by atoms with E-state index in [0.717, 1.165) is 0 Å². The lowest BCUT2D eigenvalue weighted by Crippen LogP contribution is -2.12. The summed E-state index contributed by atoms with van der Waals surface area (Å²) in [7, 11) is 1.55. The highest BCUT2D eigenvalue weighted by Crippen LogP contribution is 1.95. The minimum absolute atomic E-state index is 0.213. The first-order valence-electron chi connectivity index (χ1n) is 3.32. The SMILES string of the molecule is Cn1c(=O)[nH]c2c(=O)[nH]cnc21. The van der Waals surface area contributed by atoms with Gasteiger partial charge in [0.05, 0.1) is 6.33 Å². The van der Waals surface area contributed by atoms with Crippen LogP contribution in [-0.2, 0) is 7.05 Å². The Labute approximate surface area is 65.9 Å². The molecule has 0 saturated carbocycles. The first-order chi connectivity index (χ1) is 5.70. The lowest BCUT2D eigenvalue weighted by molar-refractivity contribution is 0.877. The van der Waals surface area contributed by atoms with Crippen molar-refractivity contribution in [2.75, 3.05) is 0 Å². The van der Waals surface area contributed by atoms with Gasteiger partial charge in [-0.3, -0.25) is 14.3 Å². The van der Waals surface area contributed by atoms with Crippen LogP contribution in [0.4, 0.5) is 0 Å². The van der Waals surface area contributed by atoms with Crippen molar-refractivity contribution >= 4 is 11.2 Å². The quantitative estimate of drug-likeness (QED) is 0.523. The zero-order chi connectivity index (χ0) is 8.72. The number of nitrogens with zero attached hydrogens (tertiary/aromatic N) is 2. The summed E-state index contributed by atoms with van der Waals surface area (Å²) in [5.41, 5.74) is -0.0966. The summed E-state index contributed by atoms with van der Waals surface area (Å²) >= 11 is 0. The van der Waals surface area contributed by atoms with E-state index in [1.807, 2.05) is 0 Å². The van der Waals surface area contributed by atoms with Gasteiger partial charge in [0.2, 0.25) is 0 Å². The molecule has 0 saturated heterocycles. The van der Waals surface area contributed by atoms with Crippen LogP contribution in [0.3, 0.4) is 0 Å². The Morgan fingerprint density at radius 1 is 1.50 bits per heavy atom. The van der Waals surface area contributed by atoms with Gasteiger partial charge in [0.15, 0.2) is 11.2 Å². The van der Waals surface area contributed by atoms with Crippen molar-refractivity contribution in [2.45, 2.75) is 0 Å². The molecule has 0 fully saturated rings. The van der Waals surface area contributed by atoms with Crippen molar-refractivity contribution in [1.82, 2.24) is 19.5 Å². The first-order valence-corrected chi connectivity index (χ1v) is 3.32. The maximum atomic E-state index is 11.1. The number of aryl methyl sites for hydroxylation is 1. The minimum Gasteiger partial charge on any atom is -0.311 e. The molecule has 0 bridgehead atoms. The zero-order valence-electron chi connectivity index (χ0n) is 6.29. The van der Waals surface area contributed by atoms with E-state index in [-0.39, 0.29) is 16.8 Å². The van der Waals surface area contributed by atoms with Crippen LogP contribution in [0, 0.1) is 0 Å². The monoisotopic (exact) mass is 166 g/mol. The second-order valence-corrected chi connectivity index (χ2v) is 2.42. The third-order valence-corrected chi connectivity index (χ3v) is 1.69. The summed E-state index contributed by atoms with van der Waals surface area (Å²) in [6.07, 6.45) is 1.26. The highest BCUT2D eigenvalue weighted by atomic mass is 16.1. The Kier molecular flexibility index (Phi) is 1.18. The Hall–Kier alpha value is -1.85. The van der Waals surface area contributed by atoms with Crippen molar-refractivity contribution in [3.05, 3.63) is 27.2 Å².